The number of rotatable bonds is 2. The number of pyridine rings is 1. The van der Waals surface area contributed by atoms with Crippen LogP contribution >= 0.6 is 0 Å². The van der Waals surface area contributed by atoms with Crippen LogP contribution in [0, 0.1) is 0 Å². The third kappa shape index (κ3) is 2.19. The lowest BCUT2D eigenvalue weighted by Crippen LogP contribution is -1.97. The zero-order chi connectivity index (χ0) is 14.1. The van der Waals surface area contributed by atoms with Gasteiger partial charge in [-0.2, -0.15) is 0 Å². The maximum absolute atomic E-state index is 10.8. The van der Waals surface area contributed by atoms with Crippen molar-refractivity contribution in [2.45, 2.75) is 0 Å². The van der Waals surface area contributed by atoms with Gasteiger partial charge in [0.2, 0.25) is 0 Å². The van der Waals surface area contributed by atoms with Crippen LogP contribution in [0.2, 0.25) is 0 Å². The van der Waals surface area contributed by atoms with Gasteiger partial charge in [-0.15, -0.1) is 0 Å². The van der Waals surface area contributed by atoms with Crippen LogP contribution in [0.15, 0.2) is 54.7 Å². The number of carboxylic acid groups (broad SMARTS) is 1. The Bertz CT molecular complexity index is 794. The number of aromatic nitrogens is 1. The van der Waals surface area contributed by atoms with E-state index in [0.29, 0.717) is 5.69 Å². The van der Waals surface area contributed by atoms with E-state index in [4.69, 9.17) is 5.11 Å². The average Bonchev–Trinajstić information content (AvgIpc) is 2.47. The van der Waals surface area contributed by atoms with Crippen molar-refractivity contribution in [2.24, 2.45) is 0 Å². The molecule has 0 spiro atoms. The van der Waals surface area contributed by atoms with Crippen LogP contribution in [0.25, 0.3) is 22.0 Å². The lowest BCUT2D eigenvalue weighted by molar-refractivity contribution is 0.0696. The van der Waals surface area contributed by atoms with Gasteiger partial charge < -0.3 is 10.2 Å². The maximum atomic E-state index is 10.8. The van der Waals surface area contributed by atoms with Crippen LogP contribution in [-0.2, 0) is 0 Å². The molecule has 1 heterocycles. The molecule has 0 fully saturated rings. The molecule has 2 N–H and O–H groups in total. The van der Waals surface area contributed by atoms with Gasteiger partial charge in [0.1, 0.15) is 5.75 Å². The highest BCUT2D eigenvalue weighted by Crippen LogP contribution is 2.25. The van der Waals surface area contributed by atoms with Crippen LogP contribution in [0.4, 0.5) is 0 Å². The fourth-order valence-corrected chi connectivity index (χ4v) is 2.08. The van der Waals surface area contributed by atoms with Gasteiger partial charge in [-0.05, 0) is 41.1 Å². The molecule has 0 radical (unpaired) electrons. The van der Waals surface area contributed by atoms with Crippen molar-refractivity contribution in [3.63, 3.8) is 0 Å². The normalized spacial score (nSPS) is 10.6. The van der Waals surface area contributed by atoms with Crippen molar-refractivity contribution >= 4 is 16.7 Å². The van der Waals surface area contributed by atoms with E-state index in [1.54, 1.807) is 18.2 Å². The molecule has 0 aliphatic heterocycles. The molecule has 3 aromatic rings. The second kappa shape index (κ2) is 4.66. The summed E-state index contributed by atoms with van der Waals surface area (Å²) in [5.74, 6) is -0.757. The first-order chi connectivity index (χ1) is 9.63. The van der Waals surface area contributed by atoms with Crippen LogP contribution in [0.5, 0.6) is 5.75 Å². The SMILES string of the molecule is O=C(O)c1ccc(-c2ccc3cc(O)ccc3c2)nc1. The Kier molecular flexibility index (Phi) is 2.84. The van der Waals surface area contributed by atoms with Gasteiger partial charge in [0.25, 0.3) is 0 Å². The molecule has 1 aromatic heterocycles. The summed E-state index contributed by atoms with van der Waals surface area (Å²) in [6, 6.07) is 14.1. The van der Waals surface area contributed by atoms with E-state index in [0.717, 1.165) is 16.3 Å². The molecule has 4 heteroatoms. The summed E-state index contributed by atoms with van der Waals surface area (Å²) >= 11 is 0. The highest BCUT2D eigenvalue weighted by atomic mass is 16.4. The summed E-state index contributed by atoms with van der Waals surface area (Å²) < 4.78 is 0. The number of phenolic OH excluding ortho intramolecular Hbond substituents is 1. The molecule has 0 amide bonds. The van der Waals surface area contributed by atoms with Crippen molar-refractivity contribution in [2.75, 3.05) is 0 Å². The number of hydrogen-bond donors (Lipinski definition) is 2. The number of phenols is 1. The molecule has 98 valence electrons. The summed E-state index contributed by atoms with van der Waals surface area (Å²) in [5.41, 5.74) is 1.78. The van der Waals surface area contributed by atoms with E-state index >= 15 is 0 Å². The number of aromatic carboxylic acids is 1. The number of nitrogens with zero attached hydrogens (tertiary/aromatic N) is 1. The van der Waals surface area contributed by atoms with Crippen LogP contribution in [0.3, 0.4) is 0 Å². The van der Waals surface area contributed by atoms with Crippen LogP contribution < -0.4 is 0 Å². The quantitative estimate of drug-likeness (QED) is 0.745. The van der Waals surface area contributed by atoms with Gasteiger partial charge in [-0.25, -0.2) is 4.79 Å². The molecule has 2 aromatic carbocycles. The number of hydrogen-bond acceptors (Lipinski definition) is 3. The van der Waals surface area contributed by atoms with Crippen molar-refractivity contribution in [1.82, 2.24) is 4.98 Å². The first-order valence-electron chi connectivity index (χ1n) is 6.06. The Morgan fingerprint density at radius 3 is 2.40 bits per heavy atom. The molecule has 0 unspecified atom stereocenters. The molecule has 3 rings (SSSR count). The molecule has 0 saturated heterocycles. The van der Waals surface area contributed by atoms with Crippen LogP contribution in [-0.4, -0.2) is 21.2 Å². The number of carbonyl (C=O) groups is 1. The molecule has 20 heavy (non-hydrogen) atoms. The van der Waals surface area contributed by atoms with Gasteiger partial charge in [0, 0.05) is 11.8 Å². The largest absolute Gasteiger partial charge is 0.508 e. The maximum Gasteiger partial charge on any atom is 0.337 e. The van der Waals surface area contributed by atoms with Crippen molar-refractivity contribution in [3.8, 4) is 17.0 Å². The first kappa shape index (κ1) is 12.2. The molecular formula is C16H11NO3. The molecular weight excluding hydrogens is 254 g/mol. The molecule has 4 nitrogen and oxygen atoms in total. The minimum Gasteiger partial charge on any atom is -0.508 e. The van der Waals surface area contributed by atoms with Crippen molar-refractivity contribution in [3.05, 3.63) is 60.3 Å². The minimum atomic E-state index is -0.988. The molecule has 0 saturated carbocycles. The summed E-state index contributed by atoms with van der Waals surface area (Å²) in [6.07, 6.45) is 1.35. The number of carboxylic acids is 1. The fraction of sp³-hybridized carbons (Fsp3) is 0. The van der Waals surface area contributed by atoms with E-state index < -0.39 is 5.97 Å². The Labute approximate surface area is 115 Å². The fourth-order valence-electron chi connectivity index (χ4n) is 2.08. The molecule has 0 aliphatic rings. The summed E-state index contributed by atoms with van der Waals surface area (Å²) in [5, 5.41) is 20.2. The highest BCUT2D eigenvalue weighted by Gasteiger charge is 2.05. The van der Waals surface area contributed by atoms with Gasteiger partial charge in [-0.1, -0.05) is 18.2 Å². The predicted molar refractivity (Wildman–Crippen MR) is 75.8 cm³/mol. The highest BCUT2D eigenvalue weighted by molar-refractivity contribution is 5.89. The molecule has 0 bridgehead atoms. The molecule has 0 atom stereocenters. The first-order valence-corrected chi connectivity index (χ1v) is 6.06. The van der Waals surface area contributed by atoms with Gasteiger partial charge >= 0.3 is 5.97 Å². The minimum absolute atomic E-state index is 0.166. The molecule has 0 aliphatic carbocycles. The Balaban J connectivity index is 2.05. The van der Waals surface area contributed by atoms with Gasteiger partial charge in [0.15, 0.2) is 0 Å². The lowest BCUT2D eigenvalue weighted by Gasteiger charge is -2.04. The predicted octanol–water partition coefficient (Wildman–Crippen LogP) is 3.31. The van der Waals surface area contributed by atoms with E-state index in [2.05, 4.69) is 4.98 Å². The van der Waals surface area contributed by atoms with Crippen LogP contribution in [0.1, 0.15) is 10.4 Å². The lowest BCUT2D eigenvalue weighted by atomic mass is 10.0. The third-order valence-corrected chi connectivity index (χ3v) is 3.13. The van der Waals surface area contributed by atoms with E-state index in [1.807, 2.05) is 24.3 Å². The standard InChI is InChI=1S/C16H11NO3/c18-14-5-3-10-7-12(2-1-11(10)8-14)15-6-4-13(9-17-15)16(19)20/h1-9,18H,(H,19,20). The zero-order valence-corrected chi connectivity index (χ0v) is 10.4. The summed E-state index contributed by atoms with van der Waals surface area (Å²) in [4.78, 5) is 15.0. The second-order valence-corrected chi connectivity index (χ2v) is 4.48. The number of fused-ring (bicyclic) bond motifs is 1. The topological polar surface area (TPSA) is 70.4 Å². The number of aromatic hydroxyl groups is 1. The zero-order valence-electron chi connectivity index (χ0n) is 10.4. The number of benzene rings is 2. The van der Waals surface area contributed by atoms with E-state index in [9.17, 15) is 9.90 Å². The summed E-state index contributed by atoms with van der Waals surface area (Å²) in [6.45, 7) is 0. The third-order valence-electron chi connectivity index (χ3n) is 3.13. The van der Waals surface area contributed by atoms with Crippen molar-refractivity contribution < 1.29 is 15.0 Å². The second-order valence-electron chi connectivity index (χ2n) is 4.48. The van der Waals surface area contributed by atoms with Gasteiger partial charge in [0.05, 0.1) is 11.3 Å². The van der Waals surface area contributed by atoms with Gasteiger partial charge in [-0.3, -0.25) is 4.98 Å². The van der Waals surface area contributed by atoms with Crippen molar-refractivity contribution in [1.29, 1.82) is 0 Å². The average molecular weight is 265 g/mol. The Morgan fingerprint density at radius 1 is 0.950 bits per heavy atom. The monoisotopic (exact) mass is 265 g/mol. The van der Waals surface area contributed by atoms with E-state index in [-0.39, 0.29) is 11.3 Å². The smallest absolute Gasteiger partial charge is 0.337 e. The Hall–Kier alpha value is -2.88. The summed E-state index contributed by atoms with van der Waals surface area (Å²) in [7, 11) is 0. The van der Waals surface area contributed by atoms with E-state index in [1.165, 1.54) is 12.3 Å². The Morgan fingerprint density at radius 2 is 1.70 bits per heavy atom.